The van der Waals surface area contributed by atoms with E-state index >= 15 is 0 Å². The molecule has 0 spiro atoms. The fraction of sp³-hybridized carbons (Fsp3) is 0.647. The Hall–Kier alpha value is -1.43. The molecule has 0 bridgehead atoms. The number of hydrogen-bond donors (Lipinski definition) is 0. The van der Waals surface area contributed by atoms with E-state index in [9.17, 15) is 9.59 Å². The second-order valence-corrected chi connectivity index (χ2v) is 7.46. The quantitative estimate of drug-likeness (QED) is 0.307. The first kappa shape index (κ1) is 19.6. The van der Waals surface area contributed by atoms with Crippen LogP contribution in [0.1, 0.15) is 27.7 Å². The van der Waals surface area contributed by atoms with Gasteiger partial charge in [-0.15, -0.1) is 11.8 Å². The molecule has 1 aliphatic heterocycles. The van der Waals surface area contributed by atoms with Gasteiger partial charge in [-0.3, -0.25) is 0 Å². The molecule has 23 heavy (non-hydrogen) atoms. The minimum absolute atomic E-state index is 0.0558. The zero-order valence-corrected chi connectivity index (χ0v) is 15.4. The number of esters is 2. The smallest absolute Gasteiger partial charge is 0.345 e. The van der Waals surface area contributed by atoms with Gasteiger partial charge in [-0.2, -0.15) is 0 Å². The van der Waals surface area contributed by atoms with E-state index in [1.165, 1.54) is 6.08 Å². The number of nitrogens with zero attached hydrogens (tertiary/aromatic N) is 1. The molecule has 0 aromatic rings. The summed E-state index contributed by atoms with van der Waals surface area (Å²) in [5, 5.41) is 1.02. The van der Waals surface area contributed by atoms with Crippen molar-refractivity contribution in [3.8, 4) is 0 Å². The van der Waals surface area contributed by atoms with E-state index in [0.29, 0.717) is 0 Å². The lowest BCUT2D eigenvalue weighted by Gasteiger charge is -2.12. The topological polar surface area (TPSA) is 55.8 Å². The molecule has 0 saturated carbocycles. The Kier molecular flexibility index (Phi) is 8.23. The Labute approximate surface area is 143 Å². The van der Waals surface area contributed by atoms with E-state index in [2.05, 4.69) is 4.90 Å². The van der Waals surface area contributed by atoms with Gasteiger partial charge in [0.25, 0.3) is 0 Å². The van der Waals surface area contributed by atoms with Crippen molar-refractivity contribution in [2.24, 2.45) is 11.8 Å². The predicted molar refractivity (Wildman–Crippen MR) is 92.8 cm³/mol. The van der Waals surface area contributed by atoms with Crippen molar-refractivity contribution < 1.29 is 19.1 Å². The van der Waals surface area contributed by atoms with E-state index in [1.54, 1.807) is 17.8 Å². The second kappa shape index (κ2) is 9.65. The summed E-state index contributed by atoms with van der Waals surface area (Å²) in [4.78, 5) is 26.4. The Bertz CT molecular complexity index is 457. The minimum atomic E-state index is -0.630. The fourth-order valence-electron chi connectivity index (χ4n) is 1.70. The zero-order chi connectivity index (χ0) is 17.4. The van der Waals surface area contributed by atoms with E-state index < -0.39 is 11.9 Å². The third-order valence-corrected chi connectivity index (χ3v) is 4.11. The highest BCUT2D eigenvalue weighted by Gasteiger charge is 2.22. The van der Waals surface area contributed by atoms with Crippen LogP contribution in [0.4, 0.5) is 0 Å². The number of rotatable bonds is 7. The lowest BCUT2D eigenvalue weighted by Crippen LogP contribution is -2.21. The summed E-state index contributed by atoms with van der Waals surface area (Å²) < 4.78 is 10.4. The molecule has 0 amide bonds. The summed E-state index contributed by atoms with van der Waals surface area (Å²) >= 11 is 1.69. The lowest BCUT2D eigenvalue weighted by atomic mass is 10.2. The highest BCUT2D eigenvalue weighted by molar-refractivity contribution is 8.03. The number of carbonyl (C=O) groups is 2. The van der Waals surface area contributed by atoms with Crippen molar-refractivity contribution in [3.63, 3.8) is 0 Å². The Morgan fingerprint density at radius 2 is 1.65 bits per heavy atom. The van der Waals surface area contributed by atoms with Gasteiger partial charge in [-0.1, -0.05) is 27.7 Å². The van der Waals surface area contributed by atoms with Crippen molar-refractivity contribution >= 4 is 23.7 Å². The first-order valence-corrected chi connectivity index (χ1v) is 8.90. The maximum absolute atomic E-state index is 12.2. The number of hydrogen-bond acceptors (Lipinski definition) is 6. The van der Waals surface area contributed by atoms with Gasteiger partial charge in [-0.05, 0) is 24.0 Å². The van der Waals surface area contributed by atoms with Gasteiger partial charge >= 0.3 is 11.9 Å². The first-order chi connectivity index (χ1) is 10.8. The molecule has 0 N–H and O–H groups in total. The molecular weight excluding hydrogens is 314 g/mol. The average Bonchev–Trinajstić information content (AvgIpc) is 2.88. The minimum Gasteiger partial charge on any atom is -0.462 e. The largest absolute Gasteiger partial charge is 0.462 e. The molecule has 1 aliphatic rings. The summed E-state index contributed by atoms with van der Waals surface area (Å²) in [7, 11) is 1.98. The number of carbonyl (C=O) groups excluding carboxylic acids is 2. The van der Waals surface area contributed by atoms with E-state index in [0.717, 1.165) is 17.3 Å². The highest BCUT2D eigenvalue weighted by atomic mass is 32.2. The van der Waals surface area contributed by atoms with Crippen molar-refractivity contribution in [1.82, 2.24) is 4.90 Å². The summed E-state index contributed by atoms with van der Waals surface area (Å²) in [5.74, 6) is 0.162. The van der Waals surface area contributed by atoms with Gasteiger partial charge in [-0.25, -0.2) is 9.59 Å². The summed E-state index contributed by atoms with van der Waals surface area (Å²) in [6.45, 7) is 9.28. The molecule has 5 nitrogen and oxygen atoms in total. The lowest BCUT2D eigenvalue weighted by molar-refractivity contribution is -0.148. The van der Waals surface area contributed by atoms with E-state index in [4.69, 9.17) is 9.47 Å². The molecule has 0 atom stereocenters. The first-order valence-electron chi connectivity index (χ1n) is 7.91. The van der Waals surface area contributed by atoms with Gasteiger partial charge in [0.2, 0.25) is 0 Å². The standard InChI is InChI=1S/C17H27NO4S/c1-12(2)10-21-16(19)14(17(20)22-11-13(3)4)6-7-15-18(5)8-9-23-15/h6-7,12-13H,8-11H2,1-5H3/b15-7-. The van der Waals surface area contributed by atoms with Gasteiger partial charge in [0.05, 0.1) is 18.2 Å². The van der Waals surface area contributed by atoms with Crippen LogP contribution in [0.3, 0.4) is 0 Å². The molecular formula is C17H27NO4S. The molecule has 1 heterocycles. The Balaban J connectivity index is 2.86. The van der Waals surface area contributed by atoms with Crippen LogP contribution in [-0.2, 0) is 19.1 Å². The molecule has 1 rings (SSSR count). The van der Waals surface area contributed by atoms with Crippen molar-refractivity contribution in [1.29, 1.82) is 0 Å². The van der Waals surface area contributed by atoms with Gasteiger partial charge in [0, 0.05) is 19.3 Å². The summed E-state index contributed by atoms with van der Waals surface area (Å²) in [5.41, 5.74) is -0.0558. The number of allylic oxidation sites excluding steroid dienone is 2. The van der Waals surface area contributed by atoms with Crippen LogP contribution < -0.4 is 0 Å². The van der Waals surface area contributed by atoms with Gasteiger partial charge < -0.3 is 14.4 Å². The third kappa shape index (κ3) is 7.12. The Morgan fingerprint density at radius 3 is 2.04 bits per heavy atom. The molecule has 0 aliphatic carbocycles. The van der Waals surface area contributed by atoms with E-state index in [1.807, 2.05) is 34.7 Å². The fourth-order valence-corrected chi connectivity index (χ4v) is 2.75. The molecule has 0 radical (unpaired) electrons. The zero-order valence-electron chi connectivity index (χ0n) is 14.6. The van der Waals surface area contributed by atoms with E-state index in [-0.39, 0.29) is 30.6 Å². The summed E-state index contributed by atoms with van der Waals surface area (Å²) in [6, 6.07) is 0. The second-order valence-electron chi connectivity index (χ2n) is 6.34. The molecule has 0 unspecified atom stereocenters. The van der Waals surface area contributed by atoms with Crippen LogP contribution in [0, 0.1) is 11.8 Å². The maximum Gasteiger partial charge on any atom is 0.345 e. The Morgan fingerprint density at radius 1 is 1.13 bits per heavy atom. The van der Waals surface area contributed by atoms with Crippen LogP contribution in [0.2, 0.25) is 0 Å². The highest BCUT2D eigenvalue weighted by Crippen LogP contribution is 2.26. The van der Waals surface area contributed by atoms with Crippen molar-refractivity contribution in [3.05, 3.63) is 22.8 Å². The summed E-state index contributed by atoms with van der Waals surface area (Å²) in [6.07, 6.45) is 3.29. The van der Waals surface area contributed by atoms with Crippen LogP contribution in [-0.4, -0.2) is 49.4 Å². The van der Waals surface area contributed by atoms with Gasteiger partial charge in [0.1, 0.15) is 5.57 Å². The van der Waals surface area contributed by atoms with Gasteiger partial charge in [0.15, 0.2) is 0 Å². The molecule has 0 aromatic heterocycles. The molecule has 1 fully saturated rings. The SMILES string of the molecule is CC(C)COC(=O)C(=C/C=C1\SCCN1C)C(=O)OCC(C)C. The third-order valence-electron chi connectivity index (χ3n) is 2.98. The normalized spacial score (nSPS) is 16.1. The maximum atomic E-state index is 12.2. The van der Waals surface area contributed by atoms with Crippen molar-refractivity contribution in [2.75, 3.05) is 32.6 Å². The number of ether oxygens (including phenoxy) is 2. The van der Waals surface area contributed by atoms with Crippen LogP contribution >= 0.6 is 11.8 Å². The molecule has 0 aromatic carbocycles. The molecule has 1 saturated heterocycles. The van der Waals surface area contributed by atoms with Crippen LogP contribution in [0.5, 0.6) is 0 Å². The monoisotopic (exact) mass is 341 g/mol. The molecule has 130 valence electrons. The van der Waals surface area contributed by atoms with Crippen LogP contribution in [0.25, 0.3) is 0 Å². The average molecular weight is 341 g/mol. The van der Waals surface area contributed by atoms with Crippen LogP contribution in [0.15, 0.2) is 22.8 Å². The van der Waals surface area contributed by atoms with Crippen molar-refractivity contribution in [2.45, 2.75) is 27.7 Å². The molecule has 6 heteroatoms. The predicted octanol–water partition coefficient (Wildman–Crippen LogP) is 2.83. The number of thioether (sulfide) groups is 1.